The second kappa shape index (κ2) is 7.05. The molecule has 2 aromatic carbocycles. The fourth-order valence-electron chi connectivity index (χ4n) is 2.41. The molecule has 1 amide bonds. The molecule has 23 heavy (non-hydrogen) atoms. The van der Waals surface area contributed by atoms with Crippen molar-refractivity contribution >= 4 is 11.6 Å². The molecule has 0 saturated carbocycles. The fourth-order valence-corrected chi connectivity index (χ4v) is 2.41. The molecule has 120 valence electrons. The molecule has 1 N–H and O–H groups in total. The molecule has 0 aliphatic heterocycles. The van der Waals surface area contributed by atoms with Crippen LogP contribution in [0.2, 0.25) is 0 Å². The van der Waals surface area contributed by atoms with E-state index in [2.05, 4.69) is 12.2 Å². The van der Waals surface area contributed by atoms with Gasteiger partial charge in [-0.2, -0.15) is 0 Å². The molecule has 0 spiro atoms. The average Bonchev–Trinajstić information content (AvgIpc) is 2.54. The van der Waals surface area contributed by atoms with Crippen molar-refractivity contribution in [3.05, 3.63) is 74.8 Å². The van der Waals surface area contributed by atoms with Gasteiger partial charge in [0.1, 0.15) is 0 Å². The van der Waals surface area contributed by atoms with Crippen LogP contribution in [0.1, 0.15) is 46.9 Å². The molecule has 0 unspecified atom stereocenters. The van der Waals surface area contributed by atoms with Gasteiger partial charge in [0, 0.05) is 17.2 Å². The van der Waals surface area contributed by atoms with Gasteiger partial charge in [-0.05, 0) is 43.5 Å². The monoisotopic (exact) mass is 312 g/mol. The van der Waals surface area contributed by atoms with Crippen LogP contribution >= 0.6 is 0 Å². The van der Waals surface area contributed by atoms with Crippen LogP contribution in [0.25, 0.3) is 0 Å². The fraction of sp³-hybridized carbons (Fsp3) is 0.278. The van der Waals surface area contributed by atoms with Crippen molar-refractivity contribution in [3.63, 3.8) is 0 Å². The van der Waals surface area contributed by atoms with Gasteiger partial charge in [-0.1, -0.05) is 31.2 Å². The smallest absolute Gasteiger partial charge is 0.272 e. The Kier molecular flexibility index (Phi) is 5.11. The van der Waals surface area contributed by atoms with E-state index >= 15 is 0 Å². The molecule has 0 radical (unpaired) electrons. The number of rotatable bonds is 5. The number of nitro groups is 1. The van der Waals surface area contributed by atoms with Gasteiger partial charge >= 0.3 is 0 Å². The Morgan fingerprint density at radius 3 is 2.39 bits per heavy atom. The van der Waals surface area contributed by atoms with Gasteiger partial charge in [0.2, 0.25) is 0 Å². The standard InChI is InChI=1S/C18H20N2O3/c1-4-14-5-7-15(8-6-14)13(3)19-18(21)16-9-10-17(20(22)23)12(2)11-16/h5-11,13H,4H2,1-3H3,(H,19,21)/t13-/m1/s1. The Bertz CT molecular complexity index is 724. The Hall–Kier alpha value is -2.69. The molecule has 2 aromatic rings. The van der Waals surface area contributed by atoms with Gasteiger partial charge < -0.3 is 5.32 Å². The SMILES string of the molecule is CCc1ccc([C@@H](C)NC(=O)c2ccc([N+](=O)[O-])c(C)c2)cc1. The normalized spacial score (nSPS) is 11.8. The van der Waals surface area contributed by atoms with E-state index in [9.17, 15) is 14.9 Å². The van der Waals surface area contributed by atoms with Crippen LogP contribution < -0.4 is 5.32 Å². The summed E-state index contributed by atoms with van der Waals surface area (Å²) >= 11 is 0. The van der Waals surface area contributed by atoms with E-state index < -0.39 is 4.92 Å². The maximum atomic E-state index is 12.3. The molecule has 2 rings (SSSR count). The van der Waals surface area contributed by atoms with E-state index in [-0.39, 0.29) is 17.6 Å². The number of nitrogens with zero attached hydrogens (tertiary/aromatic N) is 1. The minimum absolute atomic E-state index is 0.0183. The minimum Gasteiger partial charge on any atom is -0.346 e. The lowest BCUT2D eigenvalue weighted by Gasteiger charge is -2.15. The van der Waals surface area contributed by atoms with Gasteiger partial charge in [-0.15, -0.1) is 0 Å². The third-order valence-corrected chi connectivity index (χ3v) is 3.89. The third kappa shape index (κ3) is 3.94. The van der Waals surface area contributed by atoms with Crippen LogP contribution in [0, 0.1) is 17.0 Å². The van der Waals surface area contributed by atoms with Gasteiger partial charge in [-0.3, -0.25) is 14.9 Å². The van der Waals surface area contributed by atoms with E-state index in [1.165, 1.54) is 17.7 Å². The second-order valence-corrected chi connectivity index (χ2v) is 5.55. The summed E-state index contributed by atoms with van der Waals surface area (Å²) in [5, 5.41) is 13.7. The molecule has 0 heterocycles. The predicted octanol–water partition coefficient (Wildman–Crippen LogP) is 3.96. The van der Waals surface area contributed by atoms with E-state index in [1.807, 2.05) is 31.2 Å². The zero-order valence-corrected chi connectivity index (χ0v) is 13.5. The molecule has 0 bridgehead atoms. The van der Waals surface area contributed by atoms with E-state index in [4.69, 9.17) is 0 Å². The summed E-state index contributed by atoms with van der Waals surface area (Å²) in [7, 11) is 0. The lowest BCUT2D eigenvalue weighted by atomic mass is 10.0. The van der Waals surface area contributed by atoms with Crippen molar-refractivity contribution in [1.29, 1.82) is 0 Å². The maximum Gasteiger partial charge on any atom is 0.272 e. The molecule has 1 atom stereocenters. The number of benzene rings is 2. The molecule has 0 aliphatic carbocycles. The first-order valence-electron chi connectivity index (χ1n) is 7.57. The molecular weight excluding hydrogens is 292 g/mol. The number of nitrogens with one attached hydrogen (secondary N) is 1. The topological polar surface area (TPSA) is 72.2 Å². The van der Waals surface area contributed by atoms with Crippen molar-refractivity contribution < 1.29 is 9.72 Å². The minimum atomic E-state index is -0.449. The average molecular weight is 312 g/mol. The van der Waals surface area contributed by atoms with Crippen molar-refractivity contribution in [2.45, 2.75) is 33.2 Å². The first-order chi connectivity index (χ1) is 10.9. The first-order valence-corrected chi connectivity index (χ1v) is 7.57. The summed E-state index contributed by atoms with van der Waals surface area (Å²) in [4.78, 5) is 22.7. The van der Waals surface area contributed by atoms with Crippen molar-refractivity contribution in [2.24, 2.45) is 0 Å². The summed E-state index contributed by atoms with van der Waals surface area (Å²) in [6, 6.07) is 12.4. The van der Waals surface area contributed by atoms with Gasteiger partial charge in [0.15, 0.2) is 0 Å². The number of nitro benzene ring substituents is 1. The van der Waals surface area contributed by atoms with Gasteiger partial charge in [-0.25, -0.2) is 0 Å². The highest BCUT2D eigenvalue weighted by molar-refractivity contribution is 5.95. The summed E-state index contributed by atoms with van der Waals surface area (Å²) in [5.74, 6) is -0.241. The summed E-state index contributed by atoms with van der Waals surface area (Å²) < 4.78 is 0. The van der Waals surface area contributed by atoms with E-state index in [1.54, 1.807) is 13.0 Å². The molecular formula is C18H20N2O3. The molecule has 0 saturated heterocycles. The van der Waals surface area contributed by atoms with Crippen LogP contribution in [0.3, 0.4) is 0 Å². The maximum absolute atomic E-state index is 12.3. The first kappa shape index (κ1) is 16.7. The zero-order chi connectivity index (χ0) is 17.0. The van der Waals surface area contributed by atoms with E-state index in [0.29, 0.717) is 11.1 Å². The highest BCUT2D eigenvalue weighted by Gasteiger charge is 2.15. The van der Waals surface area contributed by atoms with Crippen LogP contribution in [-0.4, -0.2) is 10.8 Å². The summed E-state index contributed by atoms with van der Waals surface area (Å²) in [6.07, 6.45) is 0.975. The highest BCUT2D eigenvalue weighted by Crippen LogP contribution is 2.20. The number of amides is 1. The lowest BCUT2D eigenvalue weighted by molar-refractivity contribution is -0.385. The van der Waals surface area contributed by atoms with Crippen LogP contribution in [0.4, 0.5) is 5.69 Å². The molecule has 5 nitrogen and oxygen atoms in total. The molecule has 0 aromatic heterocycles. The molecule has 0 aliphatic rings. The van der Waals surface area contributed by atoms with E-state index in [0.717, 1.165) is 12.0 Å². The van der Waals surface area contributed by atoms with Crippen molar-refractivity contribution in [1.82, 2.24) is 5.32 Å². The largest absolute Gasteiger partial charge is 0.346 e. The molecule has 5 heteroatoms. The Labute approximate surface area is 135 Å². The number of carbonyl (C=O) groups excluding carboxylic acids is 1. The van der Waals surface area contributed by atoms with Gasteiger partial charge in [0.25, 0.3) is 11.6 Å². The number of aryl methyl sites for hydroxylation is 2. The van der Waals surface area contributed by atoms with Crippen LogP contribution in [0.15, 0.2) is 42.5 Å². The quantitative estimate of drug-likeness (QED) is 0.671. The third-order valence-electron chi connectivity index (χ3n) is 3.89. The predicted molar refractivity (Wildman–Crippen MR) is 89.5 cm³/mol. The highest BCUT2D eigenvalue weighted by atomic mass is 16.6. The van der Waals surface area contributed by atoms with Gasteiger partial charge in [0.05, 0.1) is 11.0 Å². The Morgan fingerprint density at radius 1 is 1.22 bits per heavy atom. The van der Waals surface area contributed by atoms with Crippen LogP contribution in [-0.2, 0) is 6.42 Å². The zero-order valence-electron chi connectivity index (χ0n) is 13.5. The molecule has 0 fully saturated rings. The Morgan fingerprint density at radius 2 is 1.87 bits per heavy atom. The second-order valence-electron chi connectivity index (χ2n) is 5.55. The lowest BCUT2D eigenvalue weighted by Crippen LogP contribution is -2.26. The number of hydrogen-bond donors (Lipinski definition) is 1. The van der Waals surface area contributed by atoms with Crippen molar-refractivity contribution in [2.75, 3.05) is 0 Å². The number of hydrogen-bond acceptors (Lipinski definition) is 3. The Balaban J connectivity index is 2.11. The van der Waals surface area contributed by atoms with Crippen LogP contribution in [0.5, 0.6) is 0 Å². The summed E-state index contributed by atoms with van der Waals surface area (Å²) in [6.45, 7) is 5.63. The van der Waals surface area contributed by atoms with Crippen molar-refractivity contribution in [3.8, 4) is 0 Å². The summed E-state index contributed by atoms with van der Waals surface area (Å²) in [5.41, 5.74) is 3.19. The number of carbonyl (C=O) groups is 1.